The number of carbonyl (C=O) groups is 2. The van der Waals surface area contributed by atoms with E-state index in [1.54, 1.807) is 34.0 Å². The highest BCUT2D eigenvalue weighted by molar-refractivity contribution is 6.32. The Bertz CT molecular complexity index is 1110. The van der Waals surface area contributed by atoms with Crippen LogP contribution in [0.4, 0.5) is 5.69 Å². The molecule has 0 bridgehead atoms. The van der Waals surface area contributed by atoms with Gasteiger partial charge in [-0.1, -0.05) is 23.7 Å². The molecule has 11 heteroatoms. The molecule has 10 nitrogen and oxygen atoms in total. The van der Waals surface area contributed by atoms with Gasteiger partial charge in [-0.25, -0.2) is 4.68 Å². The Morgan fingerprint density at radius 1 is 1.22 bits per heavy atom. The molecule has 3 aromatic rings. The first-order valence-electron chi connectivity index (χ1n) is 10.2. The van der Waals surface area contributed by atoms with Crippen LogP contribution in [0.1, 0.15) is 27.9 Å². The summed E-state index contributed by atoms with van der Waals surface area (Å²) in [6, 6.07) is 8.67. The lowest BCUT2D eigenvalue weighted by molar-refractivity contribution is 0.0295. The van der Waals surface area contributed by atoms with Gasteiger partial charge in [-0.05, 0) is 25.1 Å². The number of aryl methyl sites for hydroxylation is 1. The van der Waals surface area contributed by atoms with Crippen LogP contribution >= 0.6 is 11.6 Å². The second-order valence-electron chi connectivity index (χ2n) is 7.03. The lowest BCUT2D eigenvalue weighted by Gasteiger charge is -2.27. The molecule has 0 atom stereocenters. The van der Waals surface area contributed by atoms with E-state index in [0.717, 1.165) is 0 Å². The van der Waals surface area contributed by atoms with E-state index < -0.39 is 5.91 Å². The summed E-state index contributed by atoms with van der Waals surface area (Å²) in [4.78, 5) is 27.5. The standard InChI is InChI=1S/C21H23ClN6O4/c1-2-28-19(21(30)26-9-11-31-12-10-26)17(13-23-28)24-20(29)16-7-8-27(25-16)14-32-18-6-4-3-5-15(18)22/h3-8,13H,2,9-12,14H2,1H3,(H,24,29). The van der Waals surface area contributed by atoms with E-state index in [1.807, 2.05) is 19.1 Å². The quantitative estimate of drug-likeness (QED) is 0.583. The van der Waals surface area contributed by atoms with Crippen LogP contribution in [-0.4, -0.2) is 62.6 Å². The van der Waals surface area contributed by atoms with Gasteiger partial charge in [0.05, 0.1) is 30.1 Å². The maximum atomic E-state index is 13.0. The smallest absolute Gasteiger partial charge is 0.276 e. The van der Waals surface area contributed by atoms with Gasteiger partial charge in [0, 0.05) is 25.8 Å². The zero-order chi connectivity index (χ0) is 22.5. The molecular weight excluding hydrogens is 436 g/mol. The topological polar surface area (TPSA) is 104 Å². The molecule has 1 aromatic carbocycles. The maximum Gasteiger partial charge on any atom is 0.276 e. The maximum absolute atomic E-state index is 13.0. The number of amides is 2. The van der Waals surface area contributed by atoms with E-state index in [2.05, 4.69) is 15.5 Å². The molecule has 32 heavy (non-hydrogen) atoms. The fourth-order valence-corrected chi connectivity index (χ4v) is 3.49. The van der Waals surface area contributed by atoms with Crippen molar-refractivity contribution >= 4 is 29.1 Å². The van der Waals surface area contributed by atoms with Crippen molar-refractivity contribution in [3.05, 3.63) is 59.1 Å². The summed E-state index contributed by atoms with van der Waals surface area (Å²) in [7, 11) is 0. The van der Waals surface area contributed by atoms with Crippen molar-refractivity contribution in [2.45, 2.75) is 20.2 Å². The molecule has 0 aliphatic carbocycles. The lowest BCUT2D eigenvalue weighted by Crippen LogP contribution is -2.41. The Hall–Kier alpha value is -3.37. The first-order valence-corrected chi connectivity index (χ1v) is 10.6. The molecule has 3 heterocycles. The van der Waals surface area contributed by atoms with Crippen molar-refractivity contribution in [2.24, 2.45) is 0 Å². The number of halogens is 1. The van der Waals surface area contributed by atoms with Gasteiger partial charge in [-0.3, -0.25) is 14.3 Å². The summed E-state index contributed by atoms with van der Waals surface area (Å²) in [6.45, 7) is 4.44. The number of ether oxygens (including phenoxy) is 2. The van der Waals surface area contributed by atoms with E-state index in [4.69, 9.17) is 21.1 Å². The van der Waals surface area contributed by atoms with Crippen LogP contribution in [0.15, 0.2) is 42.7 Å². The van der Waals surface area contributed by atoms with Crippen molar-refractivity contribution in [3.63, 3.8) is 0 Å². The number of para-hydroxylation sites is 1. The number of rotatable bonds is 7. The number of hydrogen-bond donors (Lipinski definition) is 1. The van der Waals surface area contributed by atoms with Gasteiger partial charge in [-0.2, -0.15) is 10.2 Å². The molecule has 168 valence electrons. The van der Waals surface area contributed by atoms with Crippen molar-refractivity contribution in [3.8, 4) is 5.75 Å². The minimum absolute atomic E-state index is 0.0888. The monoisotopic (exact) mass is 458 g/mol. The Morgan fingerprint density at radius 3 is 2.75 bits per heavy atom. The van der Waals surface area contributed by atoms with Crippen LogP contribution in [0.2, 0.25) is 5.02 Å². The number of anilines is 1. The Balaban J connectivity index is 1.45. The third-order valence-corrected chi connectivity index (χ3v) is 5.26. The van der Waals surface area contributed by atoms with Gasteiger partial charge in [0.25, 0.3) is 11.8 Å². The van der Waals surface area contributed by atoms with Crippen LogP contribution < -0.4 is 10.1 Å². The van der Waals surface area contributed by atoms with Gasteiger partial charge < -0.3 is 19.7 Å². The Kier molecular flexibility index (Phi) is 6.72. The van der Waals surface area contributed by atoms with Gasteiger partial charge in [0.2, 0.25) is 0 Å². The number of morpholine rings is 1. The van der Waals surface area contributed by atoms with Crippen molar-refractivity contribution < 1.29 is 19.1 Å². The van der Waals surface area contributed by atoms with E-state index in [-0.39, 0.29) is 18.3 Å². The third-order valence-electron chi connectivity index (χ3n) is 4.95. The van der Waals surface area contributed by atoms with Crippen molar-refractivity contribution in [1.82, 2.24) is 24.5 Å². The zero-order valence-corrected chi connectivity index (χ0v) is 18.3. The van der Waals surface area contributed by atoms with Crippen LogP contribution in [-0.2, 0) is 18.0 Å². The molecule has 1 N–H and O–H groups in total. The Labute approximate surface area is 189 Å². The average Bonchev–Trinajstić information content (AvgIpc) is 3.45. The highest BCUT2D eigenvalue weighted by atomic mass is 35.5. The summed E-state index contributed by atoms with van der Waals surface area (Å²) < 4.78 is 14.0. The molecule has 2 amide bonds. The number of benzene rings is 1. The average molecular weight is 459 g/mol. The molecule has 0 unspecified atom stereocenters. The summed E-state index contributed by atoms with van der Waals surface area (Å²) in [5.41, 5.74) is 0.862. The number of carbonyl (C=O) groups excluding carboxylic acids is 2. The SMILES string of the molecule is CCn1ncc(NC(=O)c2ccn(COc3ccccc3Cl)n2)c1C(=O)N1CCOCC1. The summed E-state index contributed by atoms with van der Waals surface area (Å²) in [5.74, 6) is -0.122. The summed E-state index contributed by atoms with van der Waals surface area (Å²) in [6.07, 6.45) is 3.10. The number of aromatic nitrogens is 4. The molecular formula is C21H23ClN6O4. The second kappa shape index (κ2) is 9.84. The highest BCUT2D eigenvalue weighted by Crippen LogP contribution is 2.23. The predicted molar refractivity (Wildman–Crippen MR) is 117 cm³/mol. The van der Waals surface area contributed by atoms with Gasteiger partial charge >= 0.3 is 0 Å². The number of hydrogen-bond acceptors (Lipinski definition) is 6. The van der Waals surface area contributed by atoms with E-state index in [1.165, 1.54) is 10.9 Å². The van der Waals surface area contributed by atoms with Crippen LogP contribution in [0.3, 0.4) is 0 Å². The normalized spacial score (nSPS) is 13.8. The van der Waals surface area contributed by atoms with Gasteiger partial charge in [0.1, 0.15) is 11.4 Å². The van der Waals surface area contributed by atoms with Crippen molar-refractivity contribution in [1.29, 1.82) is 0 Å². The minimum atomic E-state index is -0.451. The van der Waals surface area contributed by atoms with Gasteiger partial charge in [0.15, 0.2) is 12.4 Å². The molecule has 1 fully saturated rings. The molecule has 0 spiro atoms. The van der Waals surface area contributed by atoms with Crippen LogP contribution in [0.25, 0.3) is 0 Å². The number of nitrogens with one attached hydrogen (secondary N) is 1. The molecule has 2 aromatic heterocycles. The van der Waals surface area contributed by atoms with E-state index in [9.17, 15) is 9.59 Å². The second-order valence-corrected chi connectivity index (χ2v) is 7.43. The molecule has 0 radical (unpaired) electrons. The third kappa shape index (κ3) is 4.76. The molecule has 1 saturated heterocycles. The zero-order valence-electron chi connectivity index (χ0n) is 17.5. The minimum Gasteiger partial charge on any atom is -0.470 e. The molecule has 4 rings (SSSR count). The fraction of sp³-hybridized carbons (Fsp3) is 0.333. The predicted octanol–water partition coefficient (Wildman–Crippen LogP) is 2.51. The largest absolute Gasteiger partial charge is 0.470 e. The fourth-order valence-electron chi connectivity index (χ4n) is 3.30. The summed E-state index contributed by atoms with van der Waals surface area (Å²) in [5, 5.41) is 11.7. The summed E-state index contributed by atoms with van der Waals surface area (Å²) >= 11 is 6.08. The number of nitrogens with zero attached hydrogens (tertiary/aromatic N) is 5. The molecule has 0 saturated carbocycles. The van der Waals surface area contributed by atoms with Crippen LogP contribution in [0, 0.1) is 0 Å². The first kappa shape index (κ1) is 21.8. The van der Waals surface area contributed by atoms with Crippen molar-refractivity contribution in [2.75, 3.05) is 31.6 Å². The highest BCUT2D eigenvalue weighted by Gasteiger charge is 2.26. The molecule has 1 aliphatic rings. The van der Waals surface area contributed by atoms with Gasteiger partial charge in [-0.15, -0.1) is 0 Å². The first-order chi connectivity index (χ1) is 15.6. The Morgan fingerprint density at radius 2 is 2.00 bits per heavy atom. The van der Waals surface area contributed by atoms with Crippen LogP contribution in [0.5, 0.6) is 5.75 Å². The lowest BCUT2D eigenvalue weighted by atomic mass is 10.2. The van der Waals surface area contributed by atoms with E-state index in [0.29, 0.717) is 55.0 Å². The molecule has 1 aliphatic heterocycles. The van der Waals surface area contributed by atoms with E-state index >= 15 is 0 Å².